The van der Waals surface area contributed by atoms with Gasteiger partial charge in [-0.05, 0) is 16.4 Å². The Bertz CT molecular complexity index is 568. The quantitative estimate of drug-likeness (QED) is 0.651. The fraction of sp³-hybridized carbons (Fsp3) is 0.143. The summed E-state index contributed by atoms with van der Waals surface area (Å²) in [7, 11) is -1.73. The van der Waals surface area contributed by atoms with Crippen molar-refractivity contribution in [3.8, 4) is 0 Å². The molecule has 1 aliphatic rings. The Labute approximate surface area is 101 Å². The molecule has 0 atom stereocenters. The molecular formula is C14H13NOSi. The lowest BCUT2D eigenvalue weighted by Gasteiger charge is -2.31. The first-order valence-electron chi connectivity index (χ1n) is 5.71. The summed E-state index contributed by atoms with van der Waals surface area (Å²) in [6.45, 7) is 4.58. The van der Waals surface area contributed by atoms with Gasteiger partial charge in [-0.15, -0.1) is 0 Å². The Kier molecular flexibility index (Phi) is 2.07. The first-order valence-corrected chi connectivity index (χ1v) is 8.71. The minimum Gasteiger partial charge on any atom is -0.289 e. The van der Waals surface area contributed by atoms with Gasteiger partial charge in [-0.3, -0.25) is 9.78 Å². The van der Waals surface area contributed by atoms with Gasteiger partial charge in [0.2, 0.25) is 0 Å². The number of ketones is 1. The maximum Gasteiger partial charge on any atom is 0.194 e. The van der Waals surface area contributed by atoms with Crippen LogP contribution in [-0.2, 0) is 0 Å². The zero-order valence-electron chi connectivity index (χ0n) is 9.90. The Balaban J connectivity index is 2.38. The number of nitrogens with zero attached hydrogens (tertiary/aromatic N) is 1. The highest BCUT2D eigenvalue weighted by molar-refractivity contribution is 7.02. The zero-order chi connectivity index (χ0) is 12.0. The second kappa shape index (κ2) is 3.37. The number of hydrogen-bond acceptors (Lipinski definition) is 2. The van der Waals surface area contributed by atoms with Gasteiger partial charge < -0.3 is 0 Å². The lowest BCUT2D eigenvalue weighted by Crippen LogP contribution is -2.59. The maximum atomic E-state index is 12.4. The minimum absolute atomic E-state index is 0.121. The number of aromatic nitrogens is 1. The summed E-state index contributed by atoms with van der Waals surface area (Å²) in [4.78, 5) is 16.5. The topological polar surface area (TPSA) is 30.0 Å². The number of carbonyl (C=O) groups excluding carboxylic acids is 1. The molecular weight excluding hydrogens is 226 g/mol. The highest BCUT2D eigenvalue weighted by atomic mass is 28.3. The molecule has 0 unspecified atom stereocenters. The fourth-order valence-electron chi connectivity index (χ4n) is 2.64. The normalized spacial score (nSPS) is 16.2. The van der Waals surface area contributed by atoms with E-state index in [9.17, 15) is 4.79 Å². The fourth-order valence-corrected chi connectivity index (χ4v) is 5.65. The van der Waals surface area contributed by atoms with Crippen LogP contribution >= 0.6 is 0 Å². The van der Waals surface area contributed by atoms with Crippen molar-refractivity contribution in [2.45, 2.75) is 13.1 Å². The lowest BCUT2D eigenvalue weighted by atomic mass is 10.0. The molecule has 0 amide bonds. The molecule has 0 aliphatic carbocycles. The first kappa shape index (κ1) is 10.4. The average Bonchev–Trinajstić information content (AvgIpc) is 2.37. The van der Waals surface area contributed by atoms with E-state index in [0.717, 1.165) is 11.1 Å². The van der Waals surface area contributed by atoms with Crippen molar-refractivity contribution >= 4 is 24.2 Å². The molecule has 3 rings (SSSR count). The van der Waals surface area contributed by atoms with Crippen molar-refractivity contribution in [1.82, 2.24) is 4.98 Å². The average molecular weight is 239 g/mol. The number of benzene rings is 1. The van der Waals surface area contributed by atoms with E-state index in [2.05, 4.69) is 24.1 Å². The number of pyridine rings is 1. The van der Waals surface area contributed by atoms with E-state index < -0.39 is 8.07 Å². The molecule has 1 aromatic carbocycles. The Hall–Kier alpha value is -1.74. The van der Waals surface area contributed by atoms with E-state index in [1.807, 2.05) is 24.3 Å². The standard InChI is InChI=1S/C14H13NOSi/c1-17(2)12-6-4-3-5-10(12)14(16)11-9-15-8-7-13(11)17/h3-9H,1-2H3. The molecule has 0 bridgehead atoms. The lowest BCUT2D eigenvalue weighted by molar-refractivity contribution is 0.103. The molecule has 1 aliphatic heterocycles. The predicted molar refractivity (Wildman–Crippen MR) is 70.9 cm³/mol. The van der Waals surface area contributed by atoms with Crippen molar-refractivity contribution in [1.29, 1.82) is 0 Å². The third kappa shape index (κ3) is 1.32. The first-order chi connectivity index (χ1) is 8.12. The number of carbonyl (C=O) groups is 1. The second-order valence-corrected chi connectivity index (χ2v) is 9.25. The van der Waals surface area contributed by atoms with Gasteiger partial charge >= 0.3 is 0 Å². The van der Waals surface area contributed by atoms with E-state index in [0.29, 0.717) is 0 Å². The van der Waals surface area contributed by atoms with Gasteiger partial charge in [-0.25, -0.2) is 0 Å². The van der Waals surface area contributed by atoms with Crippen molar-refractivity contribution < 1.29 is 4.79 Å². The highest BCUT2D eigenvalue weighted by Gasteiger charge is 2.37. The summed E-state index contributed by atoms with van der Waals surface area (Å²) in [6, 6.07) is 10.00. The summed E-state index contributed by atoms with van der Waals surface area (Å²) >= 11 is 0. The van der Waals surface area contributed by atoms with Crippen LogP contribution in [0.3, 0.4) is 0 Å². The van der Waals surface area contributed by atoms with Crippen molar-refractivity contribution in [2.24, 2.45) is 0 Å². The van der Waals surface area contributed by atoms with Crippen molar-refractivity contribution in [3.63, 3.8) is 0 Å². The van der Waals surface area contributed by atoms with Gasteiger partial charge in [0.15, 0.2) is 5.78 Å². The summed E-state index contributed by atoms with van der Waals surface area (Å²) in [6.07, 6.45) is 3.50. The predicted octanol–water partition coefficient (Wildman–Crippen LogP) is 1.45. The molecule has 84 valence electrons. The van der Waals surface area contributed by atoms with Gasteiger partial charge in [-0.1, -0.05) is 37.4 Å². The summed E-state index contributed by atoms with van der Waals surface area (Å²) < 4.78 is 0. The molecule has 0 fully saturated rings. The van der Waals surface area contributed by atoms with Crippen LogP contribution in [0.25, 0.3) is 0 Å². The molecule has 2 nitrogen and oxygen atoms in total. The monoisotopic (exact) mass is 239 g/mol. The van der Waals surface area contributed by atoms with Crippen LogP contribution in [0.2, 0.25) is 13.1 Å². The van der Waals surface area contributed by atoms with Crippen molar-refractivity contribution in [3.05, 3.63) is 53.9 Å². The molecule has 0 N–H and O–H groups in total. The molecule has 0 saturated carbocycles. The van der Waals surface area contributed by atoms with E-state index in [4.69, 9.17) is 0 Å². The number of hydrogen-bond donors (Lipinski definition) is 0. The van der Waals surface area contributed by atoms with E-state index >= 15 is 0 Å². The molecule has 2 heterocycles. The van der Waals surface area contributed by atoms with Gasteiger partial charge in [0, 0.05) is 23.5 Å². The third-order valence-electron chi connectivity index (χ3n) is 3.58. The van der Waals surface area contributed by atoms with Crippen LogP contribution in [0, 0.1) is 0 Å². The molecule has 0 spiro atoms. The van der Waals surface area contributed by atoms with Crippen LogP contribution in [0.15, 0.2) is 42.7 Å². The molecule has 0 radical (unpaired) electrons. The SMILES string of the molecule is C[Si]1(C)c2ccccc2C(=O)c2cnccc21. The van der Waals surface area contributed by atoms with E-state index in [1.165, 1.54) is 10.4 Å². The minimum atomic E-state index is -1.73. The van der Waals surface area contributed by atoms with E-state index in [-0.39, 0.29) is 5.78 Å². The van der Waals surface area contributed by atoms with Crippen LogP contribution in [0.5, 0.6) is 0 Å². The van der Waals surface area contributed by atoms with Gasteiger partial charge in [0.05, 0.1) is 0 Å². The molecule has 2 aromatic rings. The molecule has 3 heteroatoms. The summed E-state index contributed by atoms with van der Waals surface area (Å²) in [5, 5.41) is 2.44. The summed E-state index contributed by atoms with van der Waals surface area (Å²) in [5.74, 6) is 0.121. The van der Waals surface area contributed by atoms with Crippen LogP contribution < -0.4 is 10.4 Å². The third-order valence-corrected chi connectivity index (χ3v) is 7.15. The van der Waals surface area contributed by atoms with Gasteiger partial charge in [0.1, 0.15) is 8.07 Å². The van der Waals surface area contributed by atoms with Crippen LogP contribution in [0.1, 0.15) is 15.9 Å². The van der Waals surface area contributed by atoms with E-state index in [1.54, 1.807) is 12.4 Å². The maximum absolute atomic E-state index is 12.4. The van der Waals surface area contributed by atoms with Crippen LogP contribution in [0.4, 0.5) is 0 Å². The largest absolute Gasteiger partial charge is 0.289 e. The Morgan fingerprint density at radius 1 is 1.00 bits per heavy atom. The smallest absolute Gasteiger partial charge is 0.194 e. The number of fused-ring (bicyclic) bond motifs is 2. The second-order valence-electron chi connectivity index (χ2n) is 4.92. The molecule has 0 saturated heterocycles. The highest BCUT2D eigenvalue weighted by Crippen LogP contribution is 2.18. The Morgan fingerprint density at radius 2 is 1.71 bits per heavy atom. The Morgan fingerprint density at radius 3 is 2.53 bits per heavy atom. The summed E-state index contributed by atoms with van der Waals surface area (Å²) in [5.41, 5.74) is 1.66. The molecule has 1 aromatic heterocycles. The zero-order valence-corrected chi connectivity index (χ0v) is 10.9. The van der Waals surface area contributed by atoms with Crippen molar-refractivity contribution in [2.75, 3.05) is 0 Å². The molecule has 17 heavy (non-hydrogen) atoms. The van der Waals surface area contributed by atoms with Crippen LogP contribution in [-0.4, -0.2) is 18.8 Å². The van der Waals surface area contributed by atoms with Gasteiger partial charge in [-0.2, -0.15) is 0 Å². The number of rotatable bonds is 0. The van der Waals surface area contributed by atoms with Gasteiger partial charge in [0.25, 0.3) is 0 Å².